The van der Waals surface area contributed by atoms with Crippen molar-refractivity contribution in [3.05, 3.63) is 28.8 Å². The van der Waals surface area contributed by atoms with Crippen LogP contribution in [0.15, 0.2) is 10.6 Å². The molecule has 0 saturated heterocycles. The van der Waals surface area contributed by atoms with Crippen LogP contribution in [0, 0.1) is 0 Å². The van der Waals surface area contributed by atoms with Crippen molar-refractivity contribution in [2.45, 2.75) is 39.2 Å². The van der Waals surface area contributed by atoms with Crippen LogP contribution in [0.4, 0.5) is 4.79 Å². The van der Waals surface area contributed by atoms with Gasteiger partial charge in [-0.1, -0.05) is 20.8 Å². The Morgan fingerprint density at radius 3 is 2.68 bits per heavy atom. The summed E-state index contributed by atoms with van der Waals surface area (Å²) in [4.78, 5) is 25.2. The van der Waals surface area contributed by atoms with Gasteiger partial charge in [-0.05, 0) is 11.2 Å². The Bertz CT molecular complexity index is 830. The minimum atomic E-state index is -1.47. The molecule has 2 aromatic rings. The molecule has 9 heteroatoms. The topological polar surface area (TPSA) is 111 Å². The lowest BCUT2D eigenvalue weighted by molar-refractivity contribution is 0.0717. The summed E-state index contributed by atoms with van der Waals surface area (Å²) in [5, 5.41) is 16.8. The largest absolute Gasteiger partial charge is 0.512 e. The number of carboxylic acid groups (broad SMARTS) is 1. The second-order valence-corrected chi connectivity index (χ2v) is 7.02. The molecule has 1 amide bonds. The van der Waals surface area contributed by atoms with E-state index < -0.39 is 6.16 Å². The quantitative estimate of drug-likeness (QED) is 0.826. The molecule has 25 heavy (non-hydrogen) atoms. The fourth-order valence-corrected chi connectivity index (χ4v) is 2.72. The first-order chi connectivity index (χ1) is 11.7. The van der Waals surface area contributed by atoms with Gasteiger partial charge in [0.1, 0.15) is 11.5 Å². The Kier molecular flexibility index (Phi) is 4.02. The highest BCUT2D eigenvalue weighted by Crippen LogP contribution is 2.29. The second kappa shape index (κ2) is 5.91. The third-order valence-corrected chi connectivity index (χ3v) is 4.13. The number of aryl methyl sites for hydroxylation is 1. The minimum Gasteiger partial charge on any atom is -0.449 e. The van der Waals surface area contributed by atoms with Gasteiger partial charge in [0.05, 0.1) is 17.8 Å². The highest BCUT2D eigenvalue weighted by Gasteiger charge is 2.31. The van der Waals surface area contributed by atoms with Gasteiger partial charge in [-0.25, -0.2) is 4.79 Å². The Morgan fingerprint density at radius 1 is 1.36 bits per heavy atom. The zero-order valence-corrected chi connectivity index (χ0v) is 14.6. The first-order valence-electron chi connectivity index (χ1n) is 7.89. The number of ether oxygens (including phenoxy) is 1. The maximum Gasteiger partial charge on any atom is 0.512 e. The van der Waals surface area contributed by atoms with E-state index in [2.05, 4.69) is 15.0 Å². The van der Waals surface area contributed by atoms with E-state index >= 15 is 0 Å². The lowest BCUT2D eigenvalue weighted by Gasteiger charge is -2.25. The smallest absolute Gasteiger partial charge is 0.449 e. The van der Waals surface area contributed by atoms with Crippen LogP contribution in [0.5, 0.6) is 5.88 Å². The van der Waals surface area contributed by atoms with Crippen molar-refractivity contribution in [2.24, 2.45) is 7.05 Å². The van der Waals surface area contributed by atoms with E-state index in [1.165, 1.54) is 0 Å². The first-order valence-corrected chi connectivity index (χ1v) is 7.89. The number of fused-ring (bicyclic) bond motifs is 1. The summed E-state index contributed by atoms with van der Waals surface area (Å²) >= 11 is 0. The molecule has 0 radical (unpaired) electrons. The number of aromatic nitrogens is 3. The van der Waals surface area contributed by atoms with Gasteiger partial charge in [-0.2, -0.15) is 5.10 Å². The van der Waals surface area contributed by atoms with Crippen molar-refractivity contribution in [1.29, 1.82) is 0 Å². The van der Waals surface area contributed by atoms with Crippen molar-refractivity contribution in [3.63, 3.8) is 0 Å². The Balaban J connectivity index is 1.84. The Labute approximate surface area is 144 Å². The Hall–Kier alpha value is -2.84. The molecule has 0 aliphatic carbocycles. The zero-order valence-electron chi connectivity index (χ0n) is 14.6. The molecule has 0 unspecified atom stereocenters. The van der Waals surface area contributed by atoms with Crippen molar-refractivity contribution in [3.8, 4) is 5.88 Å². The van der Waals surface area contributed by atoms with Gasteiger partial charge in [0.15, 0.2) is 0 Å². The van der Waals surface area contributed by atoms with Crippen LogP contribution in [0.1, 0.15) is 48.3 Å². The number of nitrogens with zero attached hydrogens (tertiary/aromatic N) is 4. The van der Waals surface area contributed by atoms with Gasteiger partial charge < -0.3 is 19.3 Å². The van der Waals surface area contributed by atoms with Crippen LogP contribution in [0.25, 0.3) is 0 Å². The number of hydrogen-bond donors (Lipinski definition) is 1. The molecule has 1 N–H and O–H groups in total. The van der Waals surface area contributed by atoms with Gasteiger partial charge in [0.2, 0.25) is 0 Å². The molecule has 1 aliphatic rings. The summed E-state index contributed by atoms with van der Waals surface area (Å²) < 4.78 is 11.3. The number of carbonyl (C=O) groups is 2. The summed E-state index contributed by atoms with van der Waals surface area (Å²) in [6, 6.07) is 1.79. The SMILES string of the molecule is Cn1nc(C(C)(C)C)cc1C(=O)N1CCc2onc(OC(=O)O)c2C1. The molecule has 134 valence electrons. The predicted molar refractivity (Wildman–Crippen MR) is 85.5 cm³/mol. The molecular formula is C16H20N4O5. The summed E-state index contributed by atoms with van der Waals surface area (Å²) in [5.74, 6) is 0.250. The normalized spacial score (nSPS) is 14.3. The van der Waals surface area contributed by atoms with E-state index in [4.69, 9.17) is 9.63 Å². The van der Waals surface area contributed by atoms with E-state index in [1.54, 1.807) is 22.7 Å². The molecule has 0 aromatic carbocycles. The standard InChI is InChI=1S/C16H20N4O5/c1-16(2,3)12-7-10(19(4)17-12)14(21)20-6-5-11-9(8-20)13(18-25-11)24-15(22)23/h7H,5-6,8H2,1-4H3,(H,22,23). The molecule has 0 atom stereocenters. The molecule has 0 fully saturated rings. The first kappa shape index (κ1) is 17.0. The van der Waals surface area contributed by atoms with Crippen molar-refractivity contribution in [1.82, 2.24) is 19.8 Å². The van der Waals surface area contributed by atoms with Crippen LogP contribution >= 0.6 is 0 Å². The van der Waals surface area contributed by atoms with Crippen LogP contribution in [-0.2, 0) is 25.4 Å². The maximum atomic E-state index is 12.9. The van der Waals surface area contributed by atoms with Crippen LogP contribution < -0.4 is 4.74 Å². The molecule has 9 nitrogen and oxygen atoms in total. The highest BCUT2D eigenvalue weighted by molar-refractivity contribution is 5.93. The molecule has 0 bridgehead atoms. The summed E-state index contributed by atoms with van der Waals surface area (Å²) in [5.41, 5.74) is 1.63. The molecule has 3 heterocycles. The lowest BCUT2D eigenvalue weighted by Crippen LogP contribution is -2.36. The van der Waals surface area contributed by atoms with E-state index in [9.17, 15) is 9.59 Å². The summed E-state index contributed by atoms with van der Waals surface area (Å²) in [6.07, 6.45) is -1.03. The van der Waals surface area contributed by atoms with Crippen LogP contribution in [-0.4, -0.2) is 43.6 Å². The fraction of sp³-hybridized carbons (Fsp3) is 0.500. The third-order valence-electron chi connectivity index (χ3n) is 4.13. The molecule has 3 rings (SSSR count). The number of amides is 1. The average molecular weight is 348 g/mol. The lowest BCUT2D eigenvalue weighted by atomic mass is 9.92. The van der Waals surface area contributed by atoms with Crippen LogP contribution in [0.3, 0.4) is 0 Å². The van der Waals surface area contributed by atoms with Crippen molar-refractivity contribution in [2.75, 3.05) is 6.54 Å². The van der Waals surface area contributed by atoms with Crippen molar-refractivity contribution < 1.29 is 24.0 Å². The van der Waals surface area contributed by atoms with Gasteiger partial charge in [0.25, 0.3) is 11.8 Å². The van der Waals surface area contributed by atoms with Gasteiger partial charge >= 0.3 is 6.16 Å². The van der Waals surface area contributed by atoms with E-state index in [1.807, 2.05) is 20.8 Å². The van der Waals surface area contributed by atoms with Gasteiger partial charge in [0, 0.05) is 25.4 Å². The second-order valence-electron chi connectivity index (χ2n) is 7.02. The maximum absolute atomic E-state index is 12.9. The molecule has 0 saturated carbocycles. The Morgan fingerprint density at radius 2 is 2.08 bits per heavy atom. The molecule has 0 spiro atoms. The van der Waals surface area contributed by atoms with E-state index in [0.717, 1.165) is 5.69 Å². The minimum absolute atomic E-state index is 0.111. The highest BCUT2D eigenvalue weighted by atomic mass is 16.7. The average Bonchev–Trinajstić information content (AvgIpc) is 3.09. The third kappa shape index (κ3) is 3.21. The number of carbonyl (C=O) groups excluding carboxylic acids is 1. The number of hydrogen-bond acceptors (Lipinski definition) is 6. The van der Waals surface area contributed by atoms with Gasteiger partial charge in [-0.3, -0.25) is 9.48 Å². The zero-order chi connectivity index (χ0) is 18.4. The monoisotopic (exact) mass is 348 g/mol. The van der Waals surface area contributed by atoms with E-state index in [-0.39, 0.29) is 23.7 Å². The fourth-order valence-electron chi connectivity index (χ4n) is 2.72. The molecule has 2 aromatic heterocycles. The van der Waals surface area contributed by atoms with Crippen molar-refractivity contribution >= 4 is 12.1 Å². The molecular weight excluding hydrogens is 328 g/mol. The predicted octanol–water partition coefficient (Wildman–Crippen LogP) is 1.96. The van der Waals surface area contributed by atoms with Gasteiger partial charge in [-0.15, -0.1) is 0 Å². The number of rotatable bonds is 2. The summed E-state index contributed by atoms with van der Waals surface area (Å²) in [7, 11) is 1.73. The molecule has 1 aliphatic heterocycles. The summed E-state index contributed by atoms with van der Waals surface area (Å²) in [6.45, 7) is 6.72. The van der Waals surface area contributed by atoms with Crippen LogP contribution in [0.2, 0.25) is 0 Å². The van der Waals surface area contributed by atoms with E-state index in [0.29, 0.717) is 30.0 Å².